The molecule has 1 aromatic carbocycles. The summed E-state index contributed by atoms with van der Waals surface area (Å²) in [5.41, 5.74) is 3.72. The van der Waals surface area contributed by atoms with E-state index in [9.17, 15) is 0 Å². The minimum Gasteiger partial charge on any atom is -0.490 e. The van der Waals surface area contributed by atoms with Crippen molar-refractivity contribution < 1.29 is 4.74 Å². The van der Waals surface area contributed by atoms with Crippen molar-refractivity contribution in [3.63, 3.8) is 0 Å². The van der Waals surface area contributed by atoms with Crippen LogP contribution < -0.4 is 4.74 Å². The highest BCUT2D eigenvalue weighted by Crippen LogP contribution is 2.30. The second-order valence-electron chi connectivity index (χ2n) is 4.61. The lowest BCUT2D eigenvalue weighted by Crippen LogP contribution is -2.07. The lowest BCUT2D eigenvalue weighted by Gasteiger charge is -2.14. The van der Waals surface area contributed by atoms with Crippen LogP contribution in [0.15, 0.2) is 30.5 Å². The number of ether oxygens (including phenoxy) is 1. The molecule has 18 heavy (non-hydrogen) atoms. The highest BCUT2D eigenvalue weighted by Gasteiger charge is 2.11. The Bertz CT molecular complexity index is 550. The Labute approximate surface area is 108 Å². The van der Waals surface area contributed by atoms with Gasteiger partial charge in [0.2, 0.25) is 0 Å². The van der Waals surface area contributed by atoms with Gasteiger partial charge in [-0.3, -0.25) is 4.98 Å². The van der Waals surface area contributed by atoms with E-state index in [0.29, 0.717) is 0 Å². The predicted octanol–water partition coefficient (Wildman–Crippen LogP) is 3.55. The maximum atomic E-state index is 5.83. The molecule has 0 bridgehead atoms. The molecule has 0 atom stereocenters. The van der Waals surface area contributed by atoms with Gasteiger partial charge in [-0.15, -0.1) is 0 Å². The second-order valence-corrected chi connectivity index (χ2v) is 4.61. The number of aromatic nitrogens is 2. The molecule has 1 aromatic heterocycles. The molecule has 3 nitrogen and oxygen atoms in total. The minimum atomic E-state index is 0.143. The topological polar surface area (TPSA) is 35.0 Å². The first-order valence-electron chi connectivity index (χ1n) is 6.14. The summed E-state index contributed by atoms with van der Waals surface area (Å²) in [5, 5.41) is 0. The Morgan fingerprint density at radius 3 is 2.56 bits per heavy atom. The van der Waals surface area contributed by atoms with Gasteiger partial charge in [-0.05, 0) is 39.8 Å². The van der Waals surface area contributed by atoms with E-state index in [1.54, 1.807) is 6.20 Å². The van der Waals surface area contributed by atoms with Crippen molar-refractivity contribution in [3.05, 3.63) is 41.9 Å². The van der Waals surface area contributed by atoms with Crippen molar-refractivity contribution in [2.75, 3.05) is 0 Å². The van der Waals surface area contributed by atoms with E-state index < -0.39 is 0 Å². The Morgan fingerprint density at radius 2 is 1.83 bits per heavy atom. The largest absolute Gasteiger partial charge is 0.490 e. The van der Waals surface area contributed by atoms with Crippen LogP contribution in [0, 0.1) is 13.8 Å². The molecule has 0 saturated heterocycles. The van der Waals surface area contributed by atoms with E-state index in [1.165, 1.54) is 0 Å². The van der Waals surface area contributed by atoms with Gasteiger partial charge in [0.25, 0.3) is 0 Å². The maximum absolute atomic E-state index is 5.83. The van der Waals surface area contributed by atoms with Crippen LogP contribution in [0.25, 0.3) is 11.3 Å². The van der Waals surface area contributed by atoms with Crippen LogP contribution in [0.3, 0.4) is 0 Å². The number of aryl methyl sites for hydroxylation is 2. The standard InChI is InChI=1S/C15H18N2O/c1-10(2)18-14-8-6-5-7-13(14)15-12(4)16-9-11(3)17-15/h5-10H,1-4H3. The summed E-state index contributed by atoms with van der Waals surface area (Å²) >= 11 is 0. The molecule has 0 aliphatic rings. The van der Waals surface area contributed by atoms with Crippen molar-refractivity contribution in [2.45, 2.75) is 33.8 Å². The molecule has 0 aliphatic carbocycles. The zero-order valence-corrected chi connectivity index (χ0v) is 11.3. The average molecular weight is 242 g/mol. The van der Waals surface area contributed by atoms with Crippen molar-refractivity contribution in [3.8, 4) is 17.0 Å². The molecule has 3 heteroatoms. The average Bonchev–Trinajstić information content (AvgIpc) is 2.32. The fourth-order valence-electron chi connectivity index (χ4n) is 1.81. The first kappa shape index (κ1) is 12.6. The lowest BCUT2D eigenvalue weighted by atomic mass is 10.1. The van der Waals surface area contributed by atoms with Gasteiger partial charge in [-0.1, -0.05) is 12.1 Å². The first-order valence-corrected chi connectivity index (χ1v) is 6.14. The monoisotopic (exact) mass is 242 g/mol. The van der Waals surface area contributed by atoms with E-state index in [2.05, 4.69) is 9.97 Å². The Kier molecular flexibility index (Phi) is 3.60. The molecule has 0 spiro atoms. The van der Waals surface area contributed by atoms with Crippen molar-refractivity contribution in [1.29, 1.82) is 0 Å². The lowest BCUT2D eigenvalue weighted by molar-refractivity contribution is 0.243. The van der Waals surface area contributed by atoms with Gasteiger partial charge in [-0.25, -0.2) is 4.98 Å². The number of rotatable bonds is 3. The smallest absolute Gasteiger partial charge is 0.129 e. The van der Waals surface area contributed by atoms with Gasteiger partial charge in [0.15, 0.2) is 0 Å². The number of benzene rings is 1. The summed E-state index contributed by atoms with van der Waals surface area (Å²) in [4.78, 5) is 8.93. The van der Waals surface area contributed by atoms with Gasteiger partial charge < -0.3 is 4.74 Å². The molecule has 0 aliphatic heterocycles. The van der Waals surface area contributed by atoms with Crippen molar-refractivity contribution in [1.82, 2.24) is 9.97 Å². The molecule has 0 amide bonds. The molecule has 0 radical (unpaired) electrons. The summed E-state index contributed by atoms with van der Waals surface area (Å²) in [6.07, 6.45) is 1.93. The first-order chi connectivity index (χ1) is 8.58. The van der Waals surface area contributed by atoms with Crippen LogP contribution in [0.1, 0.15) is 25.2 Å². The number of hydrogen-bond acceptors (Lipinski definition) is 3. The molecule has 94 valence electrons. The van der Waals surface area contributed by atoms with E-state index >= 15 is 0 Å². The highest BCUT2D eigenvalue weighted by molar-refractivity contribution is 5.68. The second kappa shape index (κ2) is 5.17. The minimum absolute atomic E-state index is 0.143. The van der Waals surface area contributed by atoms with Crippen LogP contribution in [0.2, 0.25) is 0 Å². The summed E-state index contributed by atoms with van der Waals surface area (Å²) in [5.74, 6) is 0.857. The van der Waals surface area contributed by atoms with Gasteiger partial charge in [0.1, 0.15) is 5.75 Å². The number of para-hydroxylation sites is 1. The SMILES string of the molecule is Cc1cnc(C)c(-c2ccccc2OC(C)C)n1. The highest BCUT2D eigenvalue weighted by atomic mass is 16.5. The number of hydrogen-bond donors (Lipinski definition) is 0. The third kappa shape index (κ3) is 2.67. The molecular formula is C15H18N2O. The third-order valence-electron chi connectivity index (χ3n) is 2.58. The Morgan fingerprint density at radius 1 is 1.11 bits per heavy atom. The van der Waals surface area contributed by atoms with Crippen molar-refractivity contribution in [2.24, 2.45) is 0 Å². The maximum Gasteiger partial charge on any atom is 0.129 e. The van der Waals surface area contributed by atoms with E-state index in [1.807, 2.05) is 52.0 Å². The molecule has 0 saturated carbocycles. The van der Waals surface area contributed by atoms with Crippen LogP contribution >= 0.6 is 0 Å². The van der Waals surface area contributed by atoms with Gasteiger partial charge >= 0.3 is 0 Å². The number of nitrogens with zero attached hydrogens (tertiary/aromatic N) is 2. The molecule has 2 rings (SSSR count). The van der Waals surface area contributed by atoms with E-state index in [4.69, 9.17) is 4.74 Å². The van der Waals surface area contributed by atoms with Gasteiger partial charge in [0, 0.05) is 11.8 Å². The van der Waals surface area contributed by atoms with Crippen LogP contribution in [-0.4, -0.2) is 16.1 Å². The Hall–Kier alpha value is -1.90. The molecule has 0 fully saturated rings. The molecule has 2 aromatic rings. The van der Waals surface area contributed by atoms with Crippen LogP contribution in [0.4, 0.5) is 0 Å². The van der Waals surface area contributed by atoms with Crippen LogP contribution in [0.5, 0.6) is 5.75 Å². The van der Waals surface area contributed by atoms with Crippen molar-refractivity contribution >= 4 is 0 Å². The summed E-state index contributed by atoms with van der Waals surface area (Å²) < 4.78 is 5.83. The summed E-state index contributed by atoms with van der Waals surface area (Å²) in [6, 6.07) is 7.96. The Balaban J connectivity index is 2.53. The van der Waals surface area contributed by atoms with Gasteiger partial charge in [-0.2, -0.15) is 0 Å². The zero-order valence-electron chi connectivity index (χ0n) is 11.3. The normalized spacial score (nSPS) is 10.7. The van der Waals surface area contributed by atoms with Crippen LogP contribution in [-0.2, 0) is 0 Å². The molecule has 1 heterocycles. The quantitative estimate of drug-likeness (QED) is 0.825. The molecule has 0 N–H and O–H groups in total. The fourth-order valence-corrected chi connectivity index (χ4v) is 1.81. The summed E-state index contributed by atoms with van der Waals surface area (Å²) in [7, 11) is 0. The summed E-state index contributed by atoms with van der Waals surface area (Å²) in [6.45, 7) is 7.95. The fraction of sp³-hybridized carbons (Fsp3) is 0.333. The van der Waals surface area contributed by atoms with E-state index in [0.717, 1.165) is 28.4 Å². The van der Waals surface area contributed by atoms with E-state index in [-0.39, 0.29) is 6.10 Å². The molecular weight excluding hydrogens is 224 g/mol. The zero-order chi connectivity index (χ0) is 13.1. The third-order valence-corrected chi connectivity index (χ3v) is 2.58. The molecule has 0 unspecified atom stereocenters. The predicted molar refractivity (Wildman–Crippen MR) is 72.7 cm³/mol. The van der Waals surface area contributed by atoms with Gasteiger partial charge in [0.05, 0.1) is 23.2 Å².